The molecule has 1 amide bonds. The number of hydrogen-bond donors (Lipinski definition) is 2. The molecule has 0 aromatic heterocycles. The topological polar surface area (TPSA) is 89.4 Å². The first kappa shape index (κ1) is 27.7. The van der Waals surface area contributed by atoms with E-state index in [1.54, 1.807) is 7.11 Å². The van der Waals surface area contributed by atoms with E-state index in [0.717, 1.165) is 26.9 Å². The third-order valence-corrected chi connectivity index (χ3v) is 7.12. The van der Waals surface area contributed by atoms with Crippen LogP contribution in [0.3, 0.4) is 0 Å². The molecule has 1 aliphatic rings. The predicted octanol–water partition coefficient (Wildman–Crippen LogP) is 4.72. The largest absolute Gasteiger partial charge is 0.496 e. The molecule has 0 saturated carbocycles. The fraction of sp³-hybridized carbons (Fsp3) is 0.333. The summed E-state index contributed by atoms with van der Waals surface area (Å²) in [5.74, 6) is 1.75. The Morgan fingerprint density at radius 1 is 1.11 bits per heavy atom. The van der Waals surface area contributed by atoms with E-state index in [4.69, 9.17) is 24.3 Å². The summed E-state index contributed by atoms with van der Waals surface area (Å²) in [7, 11) is 1.65. The number of benzene rings is 3. The molecule has 38 heavy (non-hydrogen) atoms. The third kappa shape index (κ3) is 6.55. The number of para-hydroxylation sites is 1. The van der Waals surface area contributed by atoms with E-state index in [1.807, 2.05) is 79.7 Å². The van der Waals surface area contributed by atoms with Crippen molar-refractivity contribution in [1.82, 2.24) is 5.32 Å². The predicted molar refractivity (Wildman–Crippen MR) is 151 cm³/mol. The monoisotopic (exact) mass is 580 g/mol. The van der Waals surface area contributed by atoms with Gasteiger partial charge >= 0.3 is 0 Å². The van der Waals surface area contributed by atoms with E-state index in [0.29, 0.717) is 44.1 Å². The number of aliphatic hydroxyl groups excluding tert-OH is 1. The molecule has 0 bridgehead atoms. The molecule has 200 valence electrons. The van der Waals surface area contributed by atoms with Gasteiger partial charge in [-0.25, -0.2) is 4.99 Å². The average molecular weight is 582 g/mol. The molecule has 3 aromatic carbocycles. The molecule has 4 rings (SSSR count). The van der Waals surface area contributed by atoms with Crippen LogP contribution in [0.4, 0.5) is 0 Å². The van der Waals surface area contributed by atoms with Crippen LogP contribution in [0.15, 0.2) is 82.3 Å². The van der Waals surface area contributed by atoms with Crippen LogP contribution < -0.4 is 14.8 Å². The second-order valence-electron chi connectivity index (χ2n) is 9.17. The maximum atomic E-state index is 13.8. The number of methoxy groups -OCH3 is 1. The third-order valence-electron chi connectivity index (χ3n) is 6.59. The van der Waals surface area contributed by atoms with E-state index in [9.17, 15) is 4.79 Å². The summed E-state index contributed by atoms with van der Waals surface area (Å²) in [4.78, 5) is 18.7. The average Bonchev–Trinajstić information content (AvgIpc) is 3.27. The number of nitrogens with one attached hydrogen (secondary N) is 1. The van der Waals surface area contributed by atoms with E-state index in [2.05, 4.69) is 21.2 Å². The quantitative estimate of drug-likeness (QED) is 0.302. The normalized spacial score (nSPS) is 18.4. The Morgan fingerprint density at radius 3 is 2.55 bits per heavy atom. The maximum absolute atomic E-state index is 13.8. The molecule has 0 fully saturated rings. The summed E-state index contributed by atoms with van der Waals surface area (Å²) >= 11 is 3.48. The van der Waals surface area contributed by atoms with Crippen LogP contribution in [0.1, 0.15) is 30.0 Å². The smallest absolute Gasteiger partial charge is 0.252 e. The van der Waals surface area contributed by atoms with Crippen molar-refractivity contribution in [2.75, 3.05) is 26.9 Å². The second kappa shape index (κ2) is 12.9. The Hall–Kier alpha value is -3.36. The van der Waals surface area contributed by atoms with Gasteiger partial charge in [0.2, 0.25) is 5.90 Å². The minimum atomic E-state index is -1.12. The first-order valence-corrected chi connectivity index (χ1v) is 13.5. The van der Waals surface area contributed by atoms with Gasteiger partial charge < -0.3 is 24.6 Å². The van der Waals surface area contributed by atoms with Crippen LogP contribution in [0.5, 0.6) is 11.5 Å². The Bertz CT molecular complexity index is 1250. The summed E-state index contributed by atoms with van der Waals surface area (Å²) in [5.41, 5.74) is 1.66. The molecular weight excluding hydrogens is 548 g/mol. The van der Waals surface area contributed by atoms with Gasteiger partial charge in [-0.2, -0.15) is 0 Å². The highest BCUT2D eigenvalue weighted by Crippen LogP contribution is 2.33. The number of amides is 1. The second-order valence-corrected chi connectivity index (χ2v) is 10.1. The van der Waals surface area contributed by atoms with Gasteiger partial charge in [-0.3, -0.25) is 4.79 Å². The maximum Gasteiger partial charge on any atom is 0.252 e. The number of aliphatic imine (C=N–C) groups is 1. The molecule has 0 spiro atoms. The molecule has 0 unspecified atom stereocenters. The Labute approximate surface area is 232 Å². The number of carbonyl (C=O) groups excluding carboxylic acids is 1. The van der Waals surface area contributed by atoms with Gasteiger partial charge in [0.1, 0.15) is 17.6 Å². The fourth-order valence-electron chi connectivity index (χ4n) is 4.43. The van der Waals surface area contributed by atoms with E-state index in [-0.39, 0.29) is 12.5 Å². The molecule has 3 aromatic rings. The molecule has 1 aliphatic heterocycles. The number of hydrogen-bond acceptors (Lipinski definition) is 6. The molecular formula is C30H33BrN2O5. The van der Waals surface area contributed by atoms with Crippen molar-refractivity contribution in [3.63, 3.8) is 0 Å². The van der Waals surface area contributed by atoms with E-state index >= 15 is 0 Å². The van der Waals surface area contributed by atoms with Crippen molar-refractivity contribution in [1.29, 1.82) is 0 Å². The Morgan fingerprint density at radius 2 is 1.84 bits per heavy atom. The molecule has 2 atom stereocenters. The lowest BCUT2D eigenvalue weighted by atomic mass is 9.86. The zero-order chi connectivity index (χ0) is 27.0. The van der Waals surface area contributed by atoms with Gasteiger partial charge in [0.25, 0.3) is 5.91 Å². The van der Waals surface area contributed by atoms with Crippen molar-refractivity contribution < 1.29 is 24.1 Å². The van der Waals surface area contributed by atoms with Crippen molar-refractivity contribution in [2.24, 2.45) is 4.99 Å². The minimum absolute atomic E-state index is 0.0853. The van der Waals surface area contributed by atoms with Crippen LogP contribution in [-0.2, 0) is 22.4 Å². The van der Waals surface area contributed by atoms with Crippen LogP contribution in [-0.4, -0.2) is 55.4 Å². The Kier molecular flexibility index (Phi) is 9.42. The van der Waals surface area contributed by atoms with Gasteiger partial charge in [0.15, 0.2) is 5.54 Å². The van der Waals surface area contributed by atoms with Crippen molar-refractivity contribution in [2.45, 2.75) is 37.8 Å². The first-order chi connectivity index (χ1) is 18.4. The lowest BCUT2D eigenvalue weighted by Crippen LogP contribution is -2.52. The zero-order valence-corrected chi connectivity index (χ0v) is 23.2. The van der Waals surface area contributed by atoms with Crippen molar-refractivity contribution in [3.8, 4) is 11.5 Å². The summed E-state index contributed by atoms with van der Waals surface area (Å²) in [5, 5.41) is 12.1. The lowest BCUT2D eigenvalue weighted by Gasteiger charge is -2.28. The number of ether oxygens (including phenoxy) is 3. The molecule has 2 N–H and O–H groups in total. The van der Waals surface area contributed by atoms with Crippen LogP contribution in [0, 0.1) is 0 Å². The number of rotatable bonds is 12. The summed E-state index contributed by atoms with van der Waals surface area (Å²) in [6.45, 7) is 2.86. The number of carbonyl (C=O) groups is 1. The fourth-order valence-corrected chi connectivity index (χ4v) is 4.69. The minimum Gasteiger partial charge on any atom is -0.496 e. The molecule has 0 aliphatic carbocycles. The van der Waals surface area contributed by atoms with Crippen LogP contribution in [0.2, 0.25) is 0 Å². The summed E-state index contributed by atoms with van der Waals surface area (Å²) in [6, 6.07) is 23.1. The summed E-state index contributed by atoms with van der Waals surface area (Å²) < 4.78 is 18.3. The molecule has 0 saturated heterocycles. The van der Waals surface area contributed by atoms with Gasteiger partial charge in [-0.15, -0.1) is 0 Å². The molecule has 0 radical (unpaired) electrons. The lowest BCUT2D eigenvalue weighted by molar-refractivity contribution is -0.128. The highest BCUT2D eigenvalue weighted by atomic mass is 79.9. The van der Waals surface area contributed by atoms with Crippen molar-refractivity contribution in [3.05, 3.63) is 94.0 Å². The molecule has 1 heterocycles. The van der Waals surface area contributed by atoms with Gasteiger partial charge in [0, 0.05) is 36.0 Å². The standard InChI is InChI=1S/C30H33BrN2O5/c1-21-30(20-22-8-12-25(31)13-9-22,29(35)32-17-16-23-6-3-4-7-27(23)36-2)33-28(38-21)24-10-14-26(15-11-24)37-19-5-18-34/h3-4,6-15,21,34H,5,16-20H2,1-2H3,(H,32,35)/t21-,30-/m1/s1. The number of nitrogens with zero attached hydrogens (tertiary/aromatic N) is 1. The number of halogens is 1. The molecule has 7 nitrogen and oxygen atoms in total. The van der Waals surface area contributed by atoms with Gasteiger partial charge in [-0.1, -0.05) is 46.3 Å². The number of aliphatic hydroxyl groups is 1. The van der Waals surface area contributed by atoms with Crippen LogP contribution in [0.25, 0.3) is 0 Å². The SMILES string of the molecule is COc1ccccc1CCNC(=O)[C@]1(Cc2ccc(Br)cc2)N=C(c2ccc(OCCCO)cc2)O[C@@H]1C. The van der Waals surface area contributed by atoms with E-state index in [1.165, 1.54) is 0 Å². The Balaban J connectivity index is 1.56. The van der Waals surface area contributed by atoms with Gasteiger partial charge in [-0.05, 0) is 66.9 Å². The van der Waals surface area contributed by atoms with Crippen molar-refractivity contribution >= 4 is 27.7 Å². The molecule has 8 heteroatoms. The highest BCUT2D eigenvalue weighted by molar-refractivity contribution is 9.10. The van der Waals surface area contributed by atoms with Gasteiger partial charge in [0.05, 0.1) is 13.7 Å². The zero-order valence-electron chi connectivity index (χ0n) is 21.7. The summed E-state index contributed by atoms with van der Waals surface area (Å²) in [6.07, 6.45) is 1.12. The van der Waals surface area contributed by atoms with Crippen LogP contribution >= 0.6 is 15.9 Å². The van der Waals surface area contributed by atoms with E-state index < -0.39 is 11.6 Å². The first-order valence-electron chi connectivity index (χ1n) is 12.7. The highest BCUT2D eigenvalue weighted by Gasteiger charge is 2.50.